The fourth-order valence-electron chi connectivity index (χ4n) is 3.26. The number of halogens is 1. The molecule has 3 aromatic heterocycles. The maximum absolute atomic E-state index is 12.4. The Morgan fingerprint density at radius 2 is 2.25 bits per heavy atom. The summed E-state index contributed by atoms with van der Waals surface area (Å²) in [6, 6.07) is 3.70. The van der Waals surface area contributed by atoms with Crippen molar-refractivity contribution in [2.45, 2.75) is 13.3 Å². The number of anilines is 2. The lowest BCUT2D eigenvalue weighted by atomic mass is 10.1. The van der Waals surface area contributed by atoms with Gasteiger partial charge in [0, 0.05) is 46.8 Å². The number of pyridine rings is 3. The molecule has 0 spiro atoms. The Hall–Kier alpha value is -3.05. The summed E-state index contributed by atoms with van der Waals surface area (Å²) < 4.78 is 0.767. The molecule has 0 unspecified atom stereocenters. The van der Waals surface area contributed by atoms with Crippen molar-refractivity contribution in [2.75, 3.05) is 17.6 Å². The van der Waals surface area contributed by atoms with Crippen LogP contribution in [0, 0.1) is 25.3 Å². The first-order valence-electron chi connectivity index (χ1n) is 8.79. The van der Waals surface area contributed by atoms with Crippen molar-refractivity contribution in [1.29, 1.82) is 0 Å². The van der Waals surface area contributed by atoms with Gasteiger partial charge in [-0.1, -0.05) is 0 Å². The van der Waals surface area contributed by atoms with Gasteiger partial charge in [-0.15, -0.1) is 0 Å². The van der Waals surface area contributed by atoms with E-state index in [4.69, 9.17) is 12.3 Å². The maximum Gasteiger partial charge on any atom is 0.229 e. The van der Waals surface area contributed by atoms with Gasteiger partial charge in [-0.25, -0.2) is 16.5 Å². The average Bonchev–Trinajstić information content (AvgIpc) is 3.45. The number of carbonyl (C=O) groups excluding carboxylic acids is 1. The number of aryl methyl sites for hydroxylation is 1. The standard InChI is InChI=1S/C20H17BrN6O/c1-10-3-4-24-8-14(10)18-17(21)13-6-16(25-9-15(13)19(22)27-18)26-20(28)12-5-11(12)7-23-2/h3-4,6,8-9,11-12H,5,7H2,1H3,(H2,22,27)(H,25,26,28)/t11-,12+/m1/s1. The summed E-state index contributed by atoms with van der Waals surface area (Å²) in [5, 5.41) is 4.37. The second-order valence-electron chi connectivity index (χ2n) is 6.90. The Bertz CT molecular complexity index is 1140. The van der Waals surface area contributed by atoms with E-state index in [0.29, 0.717) is 29.3 Å². The van der Waals surface area contributed by atoms with Crippen LogP contribution in [0.3, 0.4) is 0 Å². The molecule has 140 valence electrons. The van der Waals surface area contributed by atoms with Crippen molar-refractivity contribution in [2.24, 2.45) is 11.8 Å². The third kappa shape index (κ3) is 3.29. The fourth-order valence-corrected chi connectivity index (χ4v) is 3.89. The van der Waals surface area contributed by atoms with Crippen molar-refractivity contribution in [1.82, 2.24) is 15.0 Å². The number of carbonyl (C=O) groups is 1. The van der Waals surface area contributed by atoms with Crippen LogP contribution in [0.2, 0.25) is 0 Å². The molecular weight excluding hydrogens is 420 g/mol. The number of aromatic nitrogens is 3. The van der Waals surface area contributed by atoms with E-state index in [1.165, 1.54) is 0 Å². The highest BCUT2D eigenvalue weighted by Gasteiger charge is 2.45. The van der Waals surface area contributed by atoms with Crippen molar-refractivity contribution in [3.63, 3.8) is 0 Å². The van der Waals surface area contributed by atoms with Gasteiger partial charge in [0.1, 0.15) is 11.6 Å². The zero-order valence-electron chi connectivity index (χ0n) is 15.1. The molecule has 2 atom stereocenters. The molecule has 0 aromatic carbocycles. The summed E-state index contributed by atoms with van der Waals surface area (Å²) in [6.07, 6.45) is 5.85. The highest BCUT2D eigenvalue weighted by molar-refractivity contribution is 9.10. The molecule has 1 amide bonds. The minimum absolute atomic E-state index is 0.0954. The Morgan fingerprint density at radius 1 is 1.43 bits per heavy atom. The van der Waals surface area contributed by atoms with E-state index >= 15 is 0 Å². The molecule has 0 bridgehead atoms. The molecular formula is C20H17BrN6O. The van der Waals surface area contributed by atoms with Crippen LogP contribution >= 0.6 is 15.9 Å². The van der Waals surface area contributed by atoms with Gasteiger partial charge in [0.15, 0.2) is 0 Å². The molecule has 1 fully saturated rings. The van der Waals surface area contributed by atoms with Crippen molar-refractivity contribution in [3.05, 3.63) is 52.2 Å². The molecule has 0 saturated heterocycles. The smallest absolute Gasteiger partial charge is 0.229 e. The third-order valence-corrected chi connectivity index (χ3v) is 5.79. The van der Waals surface area contributed by atoms with Crippen LogP contribution < -0.4 is 11.1 Å². The average molecular weight is 437 g/mol. The number of hydrogen-bond acceptors (Lipinski definition) is 5. The quantitative estimate of drug-likeness (QED) is 0.605. The minimum Gasteiger partial charge on any atom is -0.383 e. The van der Waals surface area contributed by atoms with Gasteiger partial charge in [-0.3, -0.25) is 9.78 Å². The molecule has 3 N–H and O–H groups in total. The van der Waals surface area contributed by atoms with E-state index in [9.17, 15) is 4.79 Å². The zero-order chi connectivity index (χ0) is 19.8. The molecule has 3 heterocycles. The van der Waals surface area contributed by atoms with E-state index in [0.717, 1.165) is 27.4 Å². The van der Waals surface area contributed by atoms with Gasteiger partial charge < -0.3 is 15.9 Å². The molecule has 0 radical (unpaired) electrons. The lowest BCUT2D eigenvalue weighted by Crippen LogP contribution is -2.16. The summed E-state index contributed by atoms with van der Waals surface area (Å²) in [7, 11) is 0. The van der Waals surface area contributed by atoms with Crippen molar-refractivity contribution < 1.29 is 4.79 Å². The summed E-state index contributed by atoms with van der Waals surface area (Å²) in [5.41, 5.74) is 8.77. The zero-order valence-corrected chi connectivity index (χ0v) is 16.7. The Labute approximate surface area is 170 Å². The van der Waals surface area contributed by atoms with Crippen molar-refractivity contribution in [3.8, 4) is 11.3 Å². The molecule has 1 aliphatic carbocycles. The van der Waals surface area contributed by atoms with Crippen LogP contribution in [0.5, 0.6) is 0 Å². The van der Waals surface area contributed by atoms with Crippen molar-refractivity contribution >= 4 is 44.2 Å². The van der Waals surface area contributed by atoms with Crippen LogP contribution in [0.1, 0.15) is 12.0 Å². The Kier molecular flexibility index (Phi) is 4.69. The molecule has 1 saturated carbocycles. The molecule has 28 heavy (non-hydrogen) atoms. The number of hydrogen-bond donors (Lipinski definition) is 2. The fraction of sp³-hybridized carbons (Fsp3) is 0.250. The van der Waals surface area contributed by atoms with E-state index < -0.39 is 0 Å². The molecule has 3 aromatic rings. The summed E-state index contributed by atoms with van der Waals surface area (Å²) in [6.45, 7) is 9.30. The molecule has 8 heteroatoms. The van der Waals surface area contributed by atoms with Crippen LogP contribution in [-0.4, -0.2) is 27.4 Å². The molecule has 0 aliphatic heterocycles. The van der Waals surface area contributed by atoms with Crippen LogP contribution in [0.4, 0.5) is 11.6 Å². The number of fused-ring (bicyclic) bond motifs is 1. The minimum atomic E-state index is -0.105. The Balaban J connectivity index is 1.71. The van der Waals surface area contributed by atoms with Gasteiger partial charge in [0.25, 0.3) is 0 Å². The molecule has 4 rings (SSSR count). The van der Waals surface area contributed by atoms with Gasteiger partial charge in [-0.2, -0.15) is 0 Å². The van der Waals surface area contributed by atoms with Crippen LogP contribution in [0.15, 0.2) is 35.2 Å². The van der Waals surface area contributed by atoms with E-state index in [2.05, 4.69) is 41.0 Å². The first-order valence-corrected chi connectivity index (χ1v) is 9.58. The summed E-state index contributed by atoms with van der Waals surface area (Å²) in [4.78, 5) is 28.8. The van der Waals surface area contributed by atoms with E-state index in [-0.39, 0.29) is 17.7 Å². The summed E-state index contributed by atoms with van der Waals surface area (Å²) >= 11 is 3.64. The van der Waals surface area contributed by atoms with Crippen LogP contribution in [0.25, 0.3) is 26.9 Å². The predicted molar refractivity (Wildman–Crippen MR) is 111 cm³/mol. The predicted octanol–water partition coefficient (Wildman–Crippen LogP) is 3.84. The monoisotopic (exact) mass is 436 g/mol. The largest absolute Gasteiger partial charge is 0.383 e. The topological polar surface area (TPSA) is 98.2 Å². The second kappa shape index (κ2) is 7.17. The van der Waals surface area contributed by atoms with Gasteiger partial charge in [0.2, 0.25) is 12.5 Å². The lowest BCUT2D eigenvalue weighted by Gasteiger charge is -2.12. The molecule has 7 nitrogen and oxygen atoms in total. The highest BCUT2D eigenvalue weighted by Crippen LogP contribution is 2.40. The van der Waals surface area contributed by atoms with Gasteiger partial charge in [0.05, 0.1) is 10.2 Å². The second-order valence-corrected chi connectivity index (χ2v) is 7.69. The first-order chi connectivity index (χ1) is 13.5. The van der Waals surface area contributed by atoms with Gasteiger partial charge in [-0.05, 0) is 47.0 Å². The number of nitrogens with two attached hydrogens (primary N) is 1. The van der Waals surface area contributed by atoms with E-state index in [1.807, 2.05) is 13.0 Å². The number of rotatable bonds is 4. The van der Waals surface area contributed by atoms with Crippen LogP contribution in [-0.2, 0) is 4.79 Å². The first kappa shape index (κ1) is 18.3. The number of nitrogens with one attached hydrogen (secondary N) is 1. The SMILES string of the molecule is [C-]#[N+]C[C@H]1C[C@@H]1C(=O)Nc1cc2c(Br)c(-c3cnccc3C)nc(N)c2cn1. The number of nitrogen functional groups attached to an aromatic ring is 1. The van der Waals surface area contributed by atoms with E-state index in [1.54, 1.807) is 24.7 Å². The number of nitrogens with zero attached hydrogens (tertiary/aromatic N) is 4. The lowest BCUT2D eigenvalue weighted by molar-refractivity contribution is -0.117. The maximum atomic E-state index is 12.4. The normalized spacial score (nSPS) is 17.9. The highest BCUT2D eigenvalue weighted by atomic mass is 79.9. The molecule has 1 aliphatic rings. The summed E-state index contributed by atoms with van der Waals surface area (Å²) in [5.74, 6) is 0.769. The Morgan fingerprint density at radius 3 is 3.00 bits per heavy atom. The third-order valence-electron chi connectivity index (χ3n) is 4.99. The number of amides is 1. The van der Waals surface area contributed by atoms with Gasteiger partial charge >= 0.3 is 0 Å².